The highest BCUT2D eigenvalue weighted by molar-refractivity contribution is 6.00. The highest BCUT2D eigenvalue weighted by atomic mass is 16.6. The van der Waals surface area contributed by atoms with Gasteiger partial charge in [0.2, 0.25) is 11.8 Å². The van der Waals surface area contributed by atoms with Crippen molar-refractivity contribution in [1.29, 1.82) is 0 Å². The average molecular weight is 275 g/mol. The summed E-state index contributed by atoms with van der Waals surface area (Å²) in [5.74, 6) is -0.564. The van der Waals surface area contributed by atoms with Gasteiger partial charge >= 0.3 is 0 Å². The molecule has 0 spiro atoms. The van der Waals surface area contributed by atoms with Gasteiger partial charge in [0, 0.05) is 31.1 Å². The maximum Gasteiger partial charge on any atom is 0.274 e. The number of hydrogen-bond acceptors (Lipinski definition) is 5. The van der Waals surface area contributed by atoms with Gasteiger partial charge in [0.1, 0.15) is 0 Å². The van der Waals surface area contributed by atoms with Crippen LogP contribution in [0.5, 0.6) is 0 Å². The Morgan fingerprint density at radius 3 is 2.80 bits per heavy atom. The van der Waals surface area contributed by atoms with Crippen molar-refractivity contribution in [3.63, 3.8) is 0 Å². The Hall–Kier alpha value is -2.28. The average Bonchev–Trinajstić information content (AvgIpc) is 2.81. The lowest BCUT2D eigenvalue weighted by molar-refractivity contribution is -0.385. The summed E-state index contributed by atoms with van der Waals surface area (Å²) in [7, 11) is 0. The zero-order chi connectivity index (χ0) is 14.3. The van der Waals surface area contributed by atoms with E-state index in [9.17, 15) is 19.7 Å². The molecule has 1 saturated heterocycles. The predicted molar refractivity (Wildman–Crippen MR) is 68.5 cm³/mol. The number of benzene rings is 1. The SMILES string of the molecule is O=C1CCC(N2Cc3cccc([N+](=O)[O-])c3C2)C(=O)N1. The lowest BCUT2D eigenvalue weighted by atomic mass is 10.0. The van der Waals surface area contributed by atoms with Crippen LogP contribution in [-0.4, -0.2) is 27.7 Å². The summed E-state index contributed by atoms with van der Waals surface area (Å²) in [6.45, 7) is 0.877. The van der Waals surface area contributed by atoms with Crippen molar-refractivity contribution in [3.8, 4) is 0 Å². The van der Waals surface area contributed by atoms with E-state index in [2.05, 4.69) is 5.32 Å². The molecule has 1 fully saturated rings. The number of piperidine rings is 1. The summed E-state index contributed by atoms with van der Waals surface area (Å²) in [4.78, 5) is 35.5. The molecule has 2 amide bonds. The number of hydrogen-bond donors (Lipinski definition) is 1. The number of amides is 2. The van der Waals surface area contributed by atoms with Gasteiger partial charge in [0.05, 0.1) is 11.0 Å². The van der Waals surface area contributed by atoms with Gasteiger partial charge in [-0.25, -0.2) is 0 Å². The molecule has 0 radical (unpaired) electrons. The zero-order valence-corrected chi connectivity index (χ0v) is 10.7. The van der Waals surface area contributed by atoms with Crippen molar-refractivity contribution in [3.05, 3.63) is 39.4 Å². The third-order valence-corrected chi connectivity index (χ3v) is 3.83. The molecule has 7 nitrogen and oxygen atoms in total. The van der Waals surface area contributed by atoms with Crippen molar-refractivity contribution < 1.29 is 14.5 Å². The molecule has 20 heavy (non-hydrogen) atoms. The standard InChI is InChI=1S/C13H13N3O4/c17-12-5-4-11(13(18)14-12)15-6-8-2-1-3-10(16(19)20)9(8)7-15/h1-3,11H,4-7H2,(H,14,17,18). The molecule has 7 heteroatoms. The normalized spacial score (nSPS) is 22.5. The number of nitro groups is 1. The van der Waals surface area contributed by atoms with Gasteiger partial charge in [-0.2, -0.15) is 0 Å². The van der Waals surface area contributed by atoms with Crippen LogP contribution in [0, 0.1) is 10.1 Å². The van der Waals surface area contributed by atoms with Crippen LogP contribution in [0.1, 0.15) is 24.0 Å². The Bertz CT molecular complexity index is 614. The van der Waals surface area contributed by atoms with Crippen LogP contribution in [0.2, 0.25) is 0 Å². The molecule has 1 atom stereocenters. The lowest BCUT2D eigenvalue weighted by Gasteiger charge is -2.28. The van der Waals surface area contributed by atoms with Crippen LogP contribution < -0.4 is 5.32 Å². The third-order valence-electron chi connectivity index (χ3n) is 3.83. The third kappa shape index (κ3) is 2.05. The van der Waals surface area contributed by atoms with E-state index in [1.807, 2.05) is 11.0 Å². The van der Waals surface area contributed by atoms with Gasteiger partial charge in [-0.15, -0.1) is 0 Å². The molecule has 1 aromatic carbocycles. The molecule has 104 valence electrons. The first-order valence-electron chi connectivity index (χ1n) is 6.39. The van der Waals surface area contributed by atoms with Crippen LogP contribution in [0.25, 0.3) is 0 Å². The van der Waals surface area contributed by atoms with Gasteiger partial charge in [0.15, 0.2) is 0 Å². The highest BCUT2D eigenvalue weighted by Gasteiger charge is 2.36. The molecule has 2 heterocycles. The van der Waals surface area contributed by atoms with E-state index in [-0.39, 0.29) is 23.5 Å². The maximum atomic E-state index is 11.9. The van der Waals surface area contributed by atoms with Crippen molar-refractivity contribution in [2.75, 3.05) is 0 Å². The van der Waals surface area contributed by atoms with Gasteiger partial charge in [-0.05, 0) is 12.0 Å². The minimum Gasteiger partial charge on any atom is -0.295 e. The number of fused-ring (bicyclic) bond motifs is 1. The highest BCUT2D eigenvalue weighted by Crippen LogP contribution is 2.32. The number of nitrogens with zero attached hydrogens (tertiary/aromatic N) is 2. The Morgan fingerprint density at radius 1 is 1.30 bits per heavy atom. The lowest BCUT2D eigenvalue weighted by Crippen LogP contribution is -2.50. The molecule has 2 aliphatic heterocycles. The molecule has 2 aliphatic rings. The molecule has 0 bridgehead atoms. The summed E-state index contributed by atoms with van der Waals surface area (Å²) >= 11 is 0. The number of nitro benzene ring substituents is 1. The van der Waals surface area contributed by atoms with E-state index in [1.54, 1.807) is 6.07 Å². The van der Waals surface area contributed by atoms with E-state index in [0.29, 0.717) is 31.5 Å². The molecule has 0 saturated carbocycles. The van der Waals surface area contributed by atoms with Gasteiger partial charge in [-0.1, -0.05) is 12.1 Å². The van der Waals surface area contributed by atoms with E-state index < -0.39 is 4.92 Å². The van der Waals surface area contributed by atoms with Crippen LogP contribution in [0.3, 0.4) is 0 Å². The van der Waals surface area contributed by atoms with Crippen molar-refractivity contribution in [2.24, 2.45) is 0 Å². The number of carbonyl (C=O) groups is 2. The first-order valence-corrected chi connectivity index (χ1v) is 6.39. The van der Waals surface area contributed by atoms with Crippen LogP contribution >= 0.6 is 0 Å². The number of rotatable bonds is 2. The van der Waals surface area contributed by atoms with E-state index in [0.717, 1.165) is 5.56 Å². The zero-order valence-electron chi connectivity index (χ0n) is 10.7. The van der Waals surface area contributed by atoms with Crippen molar-refractivity contribution in [1.82, 2.24) is 10.2 Å². The monoisotopic (exact) mass is 275 g/mol. The summed E-state index contributed by atoms with van der Waals surface area (Å²) in [5.41, 5.74) is 1.64. The largest absolute Gasteiger partial charge is 0.295 e. The molecule has 3 rings (SSSR count). The topological polar surface area (TPSA) is 92.6 Å². The van der Waals surface area contributed by atoms with E-state index >= 15 is 0 Å². The number of carbonyl (C=O) groups excluding carboxylic acids is 2. The first-order chi connectivity index (χ1) is 9.56. The first kappa shape index (κ1) is 12.7. The molecule has 1 unspecified atom stereocenters. The maximum absolute atomic E-state index is 11.9. The molecule has 0 aliphatic carbocycles. The fourth-order valence-electron chi connectivity index (χ4n) is 2.85. The van der Waals surface area contributed by atoms with Crippen molar-refractivity contribution >= 4 is 17.5 Å². The van der Waals surface area contributed by atoms with Crippen LogP contribution in [0.4, 0.5) is 5.69 Å². The van der Waals surface area contributed by atoms with Crippen molar-refractivity contribution in [2.45, 2.75) is 32.0 Å². The molecule has 1 aromatic rings. The minimum absolute atomic E-state index is 0.0947. The second kappa shape index (κ2) is 4.68. The Kier molecular flexibility index (Phi) is 2.98. The summed E-state index contributed by atoms with van der Waals surface area (Å²) in [6, 6.07) is 4.59. The van der Waals surface area contributed by atoms with Crippen LogP contribution in [0.15, 0.2) is 18.2 Å². The van der Waals surface area contributed by atoms with E-state index in [1.165, 1.54) is 6.07 Å². The second-order valence-electron chi connectivity index (χ2n) is 5.04. The number of nitrogens with one attached hydrogen (secondary N) is 1. The second-order valence-corrected chi connectivity index (χ2v) is 5.04. The number of imide groups is 1. The molecular weight excluding hydrogens is 262 g/mol. The molecule has 1 N–H and O–H groups in total. The van der Waals surface area contributed by atoms with Crippen LogP contribution in [-0.2, 0) is 22.7 Å². The Labute approximate surface area is 114 Å². The minimum atomic E-state index is -0.396. The fraction of sp³-hybridized carbons (Fsp3) is 0.385. The van der Waals surface area contributed by atoms with E-state index in [4.69, 9.17) is 0 Å². The van der Waals surface area contributed by atoms with Gasteiger partial charge in [0.25, 0.3) is 5.69 Å². The summed E-state index contributed by atoms with van der Waals surface area (Å²) < 4.78 is 0. The fourth-order valence-corrected chi connectivity index (χ4v) is 2.85. The quantitative estimate of drug-likeness (QED) is 0.487. The molecular formula is C13H13N3O4. The smallest absolute Gasteiger partial charge is 0.274 e. The Balaban J connectivity index is 1.84. The molecule has 0 aromatic heterocycles. The summed E-state index contributed by atoms with van der Waals surface area (Å²) in [6.07, 6.45) is 0.776. The predicted octanol–water partition coefficient (Wildman–Crippen LogP) is 0.716. The van der Waals surface area contributed by atoms with Gasteiger partial charge < -0.3 is 0 Å². The van der Waals surface area contributed by atoms with Gasteiger partial charge in [-0.3, -0.25) is 29.9 Å². The summed E-state index contributed by atoms with van der Waals surface area (Å²) in [5, 5.41) is 13.3. The Morgan fingerprint density at radius 2 is 2.10 bits per heavy atom.